The number of carbonyl (C=O) groups excluding carboxylic acids is 4. The fourth-order valence-corrected chi connectivity index (χ4v) is 14.3. The first kappa shape index (κ1) is 99.1. The Morgan fingerprint density at radius 2 is 0.455 bits per heavy atom. The van der Waals surface area contributed by atoms with Gasteiger partial charge in [0, 0.05) is 25.7 Å². The minimum atomic E-state index is -4.96. The highest BCUT2D eigenvalue weighted by Gasteiger charge is 2.30. The van der Waals surface area contributed by atoms with Crippen LogP contribution in [0.15, 0.2) is 0 Å². The SMILES string of the molecule is CCCCCCCCCCCCCCCCCCCCC(=O)O[C@H](COC(=O)CCCCCCCCCCCCCCCCC(C)C)COP(=O)(O)OC[C@@H](O)COP(=O)(O)OC[C@@H](COC(=O)CCCCCCCCCCCCCCC)OC(=O)CCCCCCCCCCCCC(C)C. The van der Waals surface area contributed by atoms with E-state index in [-0.39, 0.29) is 25.7 Å². The second-order valence-electron chi connectivity index (χ2n) is 30.5. The Morgan fingerprint density at radius 3 is 0.673 bits per heavy atom. The van der Waals surface area contributed by atoms with E-state index in [0.717, 1.165) is 102 Å². The molecule has 0 aliphatic rings. The predicted octanol–water partition coefficient (Wildman–Crippen LogP) is 24.7. The molecule has 0 bridgehead atoms. The number of aliphatic hydroxyl groups is 1. The van der Waals surface area contributed by atoms with Crippen molar-refractivity contribution in [2.24, 2.45) is 11.8 Å². The molecule has 0 aromatic heterocycles. The zero-order valence-electron chi connectivity index (χ0n) is 66.2. The third-order valence-corrected chi connectivity index (χ3v) is 21.1. The minimum absolute atomic E-state index is 0.107. The Labute approximate surface area is 619 Å². The molecule has 0 aliphatic heterocycles. The van der Waals surface area contributed by atoms with Gasteiger partial charge in [0.2, 0.25) is 0 Å². The van der Waals surface area contributed by atoms with Crippen molar-refractivity contribution in [1.82, 2.24) is 0 Å². The average molecular weight is 1480 g/mol. The summed E-state index contributed by atoms with van der Waals surface area (Å²) in [5.74, 6) is -0.554. The molecule has 0 spiro atoms. The molecule has 0 rings (SSSR count). The molecule has 600 valence electrons. The van der Waals surface area contributed by atoms with Crippen molar-refractivity contribution < 1.29 is 80.2 Å². The highest BCUT2D eigenvalue weighted by atomic mass is 31.2. The maximum absolute atomic E-state index is 13.1. The summed E-state index contributed by atoms with van der Waals surface area (Å²) in [5, 5.41) is 10.7. The third kappa shape index (κ3) is 76.1. The molecule has 0 aromatic carbocycles. The van der Waals surface area contributed by atoms with Crippen molar-refractivity contribution >= 4 is 39.5 Å². The maximum atomic E-state index is 13.1. The van der Waals surface area contributed by atoms with Crippen LogP contribution in [-0.4, -0.2) is 96.7 Å². The van der Waals surface area contributed by atoms with Gasteiger partial charge in [-0.05, 0) is 37.5 Å². The minimum Gasteiger partial charge on any atom is -0.462 e. The number of ether oxygens (including phenoxy) is 4. The van der Waals surface area contributed by atoms with Crippen LogP contribution in [0.3, 0.4) is 0 Å². The number of rotatable bonds is 81. The summed E-state index contributed by atoms with van der Waals surface area (Å²) in [6.07, 6.45) is 63.7. The second-order valence-corrected chi connectivity index (χ2v) is 33.4. The van der Waals surface area contributed by atoms with Crippen LogP contribution < -0.4 is 0 Å². The first-order chi connectivity index (χ1) is 48.9. The van der Waals surface area contributed by atoms with Gasteiger partial charge in [0.1, 0.15) is 19.3 Å². The van der Waals surface area contributed by atoms with E-state index in [1.807, 2.05) is 0 Å². The van der Waals surface area contributed by atoms with E-state index in [1.165, 1.54) is 250 Å². The van der Waals surface area contributed by atoms with Crippen LogP contribution in [0, 0.1) is 11.8 Å². The highest BCUT2D eigenvalue weighted by Crippen LogP contribution is 2.45. The normalized spacial score (nSPS) is 13.9. The largest absolute Gasteiger partial charge is 0.472 e. The van der Waals surface area contributed by atoms with Gasteiger partial charge in [0.05, 0.1) is 26.4 Å². The fourth-order valence-electron chi connectivity index (χ4n) is 12.7. The van der Waals surface area contributed by atoms with Crippen LogP contribution in [0.1, 0.15) is 433 Å². The monoisotopic (exact) mass is 1480 g/mol. The van der Waals surface area contributed by atoms with Gasteiger partial charge in [0.15, 0.2) is 12.2 Å². The number of carbonyl (C=O) groups is 4. The molecule has 3 N–H and O–H groups in total. The molecule has 101 heavy (non-hydrogen) atoms. The van der Waals surface area contributed by atoms with Crippen LogP contribution in [0.25, 0.3) is 0 Å². The van der Waals surface area contributed by atoms with Crippen LogP contribution in [-0.2, 0) is 65.4 Å². The van der Waals surface area contributed by atoms with E-state index in [1.54, 1.807) is 0 Å². The molecule has 5 atom stereocenters. The molecule has 0 heterocycles. The lowest BCUT2D eigenvalue weighted by Crippen LogP contribution is -2.30. The lowest BCUT2D eigenvalue weighted by molar-refractivity contribution is -0.161. The molecule has 0 amide bonds. The van der Waals surface area contributed by atoms with Gasteiger partial charge in [-0.2, -0.15) is 0 Å². The average Bonchev–Trinajstić information content (AvgIpc) is 0.961. The summed E-state index contributed by atoms with van der Waals surface area (Å²) < 4.78 is 68.8. The summed E-state index contributed by atoms with van der Waals surface area (Å²) in [6, 6.07) is 0. The van der Waals surface area contributed by atoms with Crippen LogP contribution in [0.5, 0.6) is 0 Å². The predicted molar refractivity (Wildman–Crippen MR) is 414 cm³/mol. The lowest BCUT2D eigenvalue weighted by Gasteiger charge is -2.21. The number of phosphoric ester groups is 2. The van der Waals surface area contributed by atoms with Crippen molar-refractivity contribution in [1.29, 1.82) is 0 Å². The summed E-state index contributed by atoms with van der Waals surface area (Å²) in [7, 11) is -9.92. The Kier molecular flexibility index (Phi) is 72.2. The molecule has 17 nitrogen and oxygen atoms in total. The van der Waals surface area contributed by atoms with Gasteiger partial charge < -0.3 is 33.8 Å². The summed E-state index contributed by atoms with van der Waals surface area (Å²) >= 11 is 0. The van der Waals surface area contributed by atoms with E-state index in [9.17, 15) is 43.2 Å². The zero-order chi connectivity index (χ0) is 74.2. The summed E-state index contributed by atoms with van der Waals surface area (Å²) in [4.78, 5) is 73.1. The first-order valence-electron chi connectivity index (χ1n) is 42.5. The zero-order valence-corrected chi connectivity index (χ0v) is 68.0. The Bertz CT molecular complexity index is 1940. The Morgan fingerprint density at radius 1 is 0.267 bits per heavy atom. The number of unbranched alkanes of at least 4 members (excludes halogenated alkanes) is 51. The topological polar surface area (TPSA) is 237 Å². The number of phosphoric acid groups is 2. The maximum Gasteiger partial charge on any atom is 0.472 e. The van der Waals surface area contributed by atoms with Crippen molar-refractivity contribution in [3.8, 4) is 0 Å². The fraction of sp³-hybridized carbons (Fsp3) is 0.951. The van der Waals surface area contributed by atoms with E-state index in [0.29, 0.717) is 25.7 Å². The quantitative estimate of drug-likeness (QED) is 0.0222. The van der Waals surface area contributed by atoms with Gasteiger partial charge in [-0.15, -0.1) is 0 Å². The molecule has 2 unspecified atom stereocenters. The molecule has 0 saturated carbocycles. The summed E-state index contributed by atoms with van der Waals surface area (Å²) in [5.41, 5.74) is 0. The van der Waals surface area contributed by atoms with Crippen LogP contribution in [0.2, 0.25) is 0 Å². The number of aliphatic hydroxyl groups excluding tert-OH is 1. The van der Waals surface area contributed by atoms with Gasteiger partial charge in [0.25, 0.3) is 0 Å². The number of hydrogen-bond acceptors (Lipinski definition) is 15. The Hall–Kier alpha value is -1.94. The van der Waals surface area contributed by atoms with Gasteiger partial charge in [-0.1, -0.05) is 382 Å². The van der Waals surface area contributed by atoms with Crippen LogP contribution >= 0.6 is 15.6 Å². The molecule has 0 aromatic rings. The lowest BCUT2D eigenvalue weighted by atomic mass is 10.0. The van der Waals surface area contributed by atoms with Gasteiger partial charge >= 0.3 is 39.5 Å². The molecular formula is C82H160O17P2. The molecule has 0 saturated heterocycles. The van der Waals surface area contributed by atoms with Gasteiger partial charge in [-0.25, -0.2) is 9.13 Å². The van der Waals surface area contributed by atoms with Crippen molar-refractivity contribution in [2.45, 2.75) is 452 Å². The standard InChI is InChI=1S/C82H160O17P2/c1-7-9-11-13-15-17-19-21-22-23-24-25-31-35-42-48-54-60-66-81(86)98-77(70-93-80(85)65-59-53-47-41-34-30-27-26-29-32-38-44-50-56-62-74(3)4)72-96-100(88,89)94-68-76(83)69-95-101(90,91)97-73-78(99-82(87)67-61-55-49-43-37-36-39-45-51-57-63-75(5)6)71-92-79(84)64-58-52-46-40-33-28-20-18-16-14-12-10-8-2/h74-78,83H,7-73H2,1-6H3,(H,88,89)(H,90,91)/t76-,77-,78-/m1/s1. The Balaban J connectivity index is 5.26. The van der Waals surface area contributed by atoms with Crippen molar-refractivity contribution in [2.75, 3.05) is 39.6 Å². The highest BCUT2D eigenvalue weighted by molar-refractivity contribution is 7.47. The first-order valence-corrected chi connectivity index (χ1v) is 45.5. The van der Waals surface area contributed by atoms with Crippen molar-refractivity contribution in [3.05, 3.63) is 0 Å². The van der Waals surface area contributed by atoms with E-state index < -0.39 is 97.5 Å². The molecular weight excluding hydrogens is 1320 g/mol. The molecule has 0 fully saturated rings. The number of hydrogen-bond donors (Lipinski definition) is 3. The van der Waals surface area contributed by atoms with Gasteiger partial charge in [-0.3, -0.25) is 37.3 Å². The molecule has 0 aliphatic carbocycles. The second kappa shape index (κ2) is 73.6. The van der Waals surface area contributed by atoms with Crippen molar-refractivity contribution in [3.63, 3.8) is 0 Å². The van der Waals surface area contributed by atoms with Crippen LogP contribution in [0.4, 0.5) is 0 Å². The number of esters is 4. The van der Waals surface area contributed by atoms with E-state index in [4.69, 9.17) is 37.0 Å². The van der Waals surface area contributed by atoms with E-state index >= 15 is 0 Å². The van der Waals surface area contributed by atoms with E-state index in [2.05, 4.69) is 41.5 Å². The molecule has 0 radical (unpaired) electrons. The molecule has 19 heteroatoms. The third-order valence-electron chi connectivity index (χ3n) is 19.2. The summed E-state index contributed by atoms with van der Waals surface area (Å²) in [6.45, 7) is 9.66. The smallest absolute Gasteiger partial charge is 0.462 e.